The number of rotatable bonds is 5. The van der Waals surface area contributed by atoms with Crippen molar-refractivity contribution in [1.82, 2.24) is 4.90 Å². The minimum Gasteiger partial charge on any atom is -0.382 e. The summed E-state index contributed by atoms with van der Waals surface area (Å²) >= 11 is 0. The second-order valence-corrected chi connectivity index (χ2v) is 6.93. The van der Waals surface area contributed by atoms with Crippen LogP contribution >= 0.6 is 0 Å². The van der Waals surface area contributed by atoms with Crippen LogP contribution in [0.5, 0.6) is 0 Å². The lowest BCUT2D eigenvalue weighted by Crippen LogP contribution is -2.27. The van der Waals surface area contributed by atoms with Crippen molar-refractivity contribution in [2.45, 2.75) is 52.1 Å². The Morgan fingerprint density at radius 3 is 2.15 bits per heavy atom. The summed E-state index contributed by atoms with van der Waals surface area (Å²) in [5.74, 6) is 1.79. The first-order valence-electron chi connectivity index (χ1n) is 8.05. The Hall–Kier alpha value is -1.02. The molecule has 0 atom stereocenters. The first kappa shape index (κ1) is 15.4. The van der Waals surface area contributed by atoms with Gasteiger partial charge in [-0.25, -0.2) is 0 Å². The number of anilines is 1. The topological polar surface area (TPSA) is 15.3 Å². The van der Waals surface area contributed by atoms with E-state index >= 15 is 0 Å². The highest BCUT2D eigenvalue weighted by Gasteiger charge is 2.22. The minimum atomic E-state index is 0.671. The zero-order chi connectivity index (χ0) is 14.5. The highest BCUT2D eigenvalue weighted by atomic mass is 15.0. The van der Waals surface area contributed by atoms with Gasteiger partial charge >= 0.3 is 0 Å². The third kappa shape index (κ3) is 4.52. The Kier molecular flexibility index (Phi) is 5.47. The van der Waals surface area contributed by atoms with Crippen molar-refractivity contribution >= 4 is 5.69 Å². The summed E-state index contributed by atoms with van der Waals surface area (Å²) in [5, 5.41) is 3.71. The molecule has 2 heteroatoms. The second-order valence-electron chi connectivity index (χ2n) is 6.93. The van der Waals surface area contributed by atoms with Gasteiger partial charge in [0.15, 0.2) is 0 Å². The van der Waals surface area contributed by atoms with Gasteiger partial charge in [0.1, 0.15) is 0 Å². The molecule has 1 aliphatic rings. The maximum Gasteiger partial charge on any atom is 0.0342 e. The van der Waals surface area contributed by atoms with Gasteiger partial charge in [0, 0.05) is 18.3 Å². The van der Waals surface area contributed by atoms with Crippen molar-refractivity contribution in [3.63, 3.8) is 0 Å². The maximum absolute atomic E-state index is 3.71. The smallest absolute Gasteiger partial charge is 0.0342 e. The van der Waals surface area contributed by atoms with Gasteiger partial charge in [0.25, 0.3) is 0 Å². The van der Waals surface area contributed by atoms with Gasteiger partial charge in [-0.05, 0) is 69.3 Å². The molecule has 2 nitrogen and oxygen atoms in total. The van der Waals surface area contributed by atoms with E-state index in [2.05, 4.69) is 62.4 Å². The highest BCUT2D eigenvalue weighted by molar-refractivity contribution is 5.45. The zero-order valence-corrected chi connectivity index (χ0v) is 13.5. The summed E-state index contributed by atoms with van der Waals surface area (Å²) in [6, 6.07) is 9.61. The van der Waals surface area contributed by atoms with Gasteiger partial charge in [0.2, 0.25) is 0 Å². The summed E-state index contributed by atoms with van der Waals surface area (Å²) in [7, 11) is 4.22. The monoisotopic (exact) mass is 274 g/mol. The molecular weight excluding hydrogens is 244 g/mol. The Bertz CT molecular complexity index is 386. The maximum atomic E-state index is 3.71. The molecule has 1 aromatic carbocycles. The molecule has 0 amide bonds. The molecule has 1 N–H and O–H groups in total. The summed E-state index contributed by atoms with van der Waals surface area (Å²) in [4.78, 5) is 2.20. The molecule has 0 saturated heterocycles. The van der Waals surface area contributed by atoms with Crippen LogP contribution in [-0.4, -0.2) is 25.0 Å². The van der Waals surface area contributed by atoms with Crippen LogP contribution in [0.3, 0.4) is 0 Å². The molecule has 1 saturated carbocycles. The van der Waals surface area contributed by atoms with E-state index in [4.69, 9.17) is 0 Å². The molecule has 0 spiro atoms. The van der Waals surface area contributed by atoms with Crippen LogP contribution in [0, 0.1) is 11.8 Å². The van der Waals surface area contributed by atoms with Crippen LogP contribution in [0.15, 0.2) is 24.3 Å². The zero-order valence-electron chi connectivity index (χ0n) is 13.5. The Morgan fingerprint density at radius 1 is 1.05 bits per heavy atom. The molecular formula is C18H30N2. The Morgan fingerprint density at radius 2 is 1.65 bits per heavy atom. The first-order valence-corrected chi connectivity index (χ1v) is 8.05. The van der Waals surface area contributed by atoms with Crippen LogP contribution in [0.1, 0.15) is 45.1 Å². The predicted molar refractivity (Wildman–Crippen MR) is 88.0 cm³/mol. The molecule has 1 aromatic rings. The van der Waals surface area contributed by atoms with Crippen molar-refractivity contribution in [2.75, 3.05) is 19.4 Å². The average Bonchev–Trinajstić information content (AvgIpc) is 2.41. The van der Waals surface area contributed by atoms with Crippen molar-refractivity contribution in [3.05, 3.63) is 29.8 Å². The highest BCUT2D eigenvalue weighted by Crippen LogP contribution is 2.31. The summed E-state index contributed by atoms with van der Waals surface area (Å²) < 4.78 is 0. The molecule has 0 radical (unpaired) electrons. The van der Waals surface area contributed by atoms with Crippen LogP contribution < -0.4 is 5.32 Å². The van der Waals surface area contributed by atoms with Crippen LogP contribution in [0.25, 0.3) is 0 Å². The average molecular weight is 274 g/mol. The predicted octanol–water partition coefficient (Wildman–Crippen LogP) is 4.37. The van der Waals surface area contributed by atoms with Gasteiger partial charge in [-0.3, -0.25) is 0 Å². The third-order valence-corrected chi connectivity index (χ3v) is 4.54. The molecule has 112 valence electrons. The van der Waals surface area contributed by atoms with E-state index in [1.165, 1.54) is 36.9 Å². The molecule has 0 aromatic heterocycles. The fraction of sp³-hybridized carbons (Fsp3) is 0.667. The molecule has 0 aliphatic heterocycles. The second kappa shape index (κ2) is 7.12. The summed E-state index contributed by atoms with van der Waals surface area (Å²) in [6.45, 7) is 5.74. The van der Waals surface area contributed by atoms with E-state index in [0.29, 0.717) is 6.04 Å². The molecule has 0 heterocycles. The van der Waals surface area contributed by atoms with E-state index in [0.717, 1.165) is 18.4 Å². The van der Waals surface area contributed by atoms with E-state index in [1.54, 1.807) is 0 Å². The fourth-order valence-electron chi connectivity index (χ4n) is 3.24. The Balaban J connectivity index is 1.82. The summed E-state index contributed by atoms with van der Waals surface area (Å²) in [5.41, 5.74) is 2.66. The van der Waals surface area contributed by atoms with Crippen molar-refractivity contribution in [3.8, 4) is 0 Å². The van der Waals surface area contributed by atoms with Crippen LogP contribution in [0.2, 0.25) is 0 Å². The molecule has 1 aliphatic carbocycles. The van der Waals surface area contributed by atoms with Gasteiger partial charge < -0.3 is 10.2 Å². The van der Waals surface area contributed by atoms with Gasteiger partial charge in [-0.15, -0.1) is 0 Å². The number of nitrogens with one attached hydrogen (secondary N) is 1. The van der Waals surface area contributed by atoms with Crippen LogP contribution in [0.4, 0.5) is 5.69 Å². The number of hydrogen-bond donors (Lipinski definition) is 1. The number of benzene rings is 1. The lowest BCUT2D eigenvalue weighted by molar-refractivity contribution is 0.267. The van der Waals surface area contributed by atoms with Gasteiger partial charge in [-0.2, -0.15) is 0 Å². The quantitative estimate of drug-likeness (QED) is 0.857. The van der Waals surface area contributed by atoms with Crippen LogP contribution in [-0.2, 0) is 6.54 Å². The largest absolute Gasteiger partial charge is 0.382 e. The number of hydrogen-bond acceptors (Lipinski definition) is 2. The Labute approximate surface area is 124 Å². The van der Waals surface area contributed by atoms with Crippen molar-refractivity contribution < 1.29 is 0 Å². The standard InChI is InChI=1S/C18H30N2/c1-14(2)16-7-11-18(12-8-16)19-17-9-5-15(6-10-17)13-20(3)4/h5-6,9-10,14,16,18-19H,7-8,11-13H2,1-4H3. The minimum absolute atomic E-state index is 0.671. The molecule has 1 fully saturated rings. The van der Waals surface area contributed by atoms with E-state index < -0.39 is 0 Å². The van der Waals surface area contributed by atoms with E-state index in [1.807, 2.05) is 0 Å². The van der Waals surface area contributed by atoms with E-state index in [-0.39, 0.29) is 0 Å². The van der Waals surface area contributed by atoms with Crippen molar-refractivity contribution in [1.29, 1.82) is 0 Å². The molecule has 0 unspecified atom stereocenters. The molecule has 0 bridgehead atoms. The van der Waals surface area contributed by atoms with Gasteiger partial charge in [0.05, 0.1) is 0 Å². The lowest BCUT2D eigenvalue weighted by atomic mass is 9.79. The number of nitrogens with zero attached hydrogens (tertiary/aromatic N) is 1. The van der Waals surface area contributed by atoms with Crippen molar-refractivity contribution in [2.24, 2.45) is 11.8 Å². The third-order valence-electron chi connectivity index (χ3n) is 4.54. The molecule has 20 heavy (non-hydrogen) atoms. The molecule has 2 rings (SSSR count). The normalized spacial score (nSPS) is 23.3. The fourth-order valence-corrected chi connectivity index (χ4v) is 3.24. The lowest BCUT2D eigenvalue weighted by Gasteiger charge is -2.31. The SMILES string of the molecule is CC(C)C1CCC(Nc2ccc(CN(C)C)cc2)CC1. The first-order chi connectivity index (χ1) is 9.54. The van der Waals surface area contributed by atoms with E-state index in [9.17, 15) is 0 Å². The summed E-state index contributed by atoms with van der Waals surface area (Å²) in [6.07, 6.45) is 5.41. The van der Waals surface area contributed by atoms with Gasteiger partial charge in [-0.1, -0.05) is 26.0 Å².